The molecule has 1 aliphatic rings. The van der Waals surface area contributed by atoms with Crippen LogP contribution in [-0.4, -0.2) is 47.9 Å². The van der Waals surface area contributed by atoms with Crippen LogP contribution in [0, 0.1) is 0 Å². The van der Waals surface area contributed by atoms with Crippen molar-refractivity contribution in [3.63, 3.8) is 0 Å². The number of nitrogens with zero attached hydrogens (tertiary/aromatic N) is 5. The van der Waals surface area contributed by atoms with Crippen LogP contribution in [0.5, 0.6) is 0 Å². The first-order chi connectivity index (χ1) is 23.0. The zero-order chi connectivity index (χ0) is 32.2. The predicted octanol–water partition coefficient (Wildman–Crippen LogP) is 6.01. The average molecular weight is 626 g/mol. The van der Waals surface area contributed by atoms with Gasteiger partial charge >= 0.3 is 0 Å². The van der Waals surface area contributed by atoms with Gasteiger partial charge in [-0.05, 0) is 77.4 Å². The van der Waals surface area contributed by atoms with E-state index >= 15 is 0 Å². The molecule has 9 heteroatoms. The molecular formula is C38H39N7O2. The van der Waals surface area contributed by atoms with E-state index in [1.165, 1.54) is 0 Å². The van der Waals surface area contributed by atoms with Gasteiger partial charge in [-0.2, -0.15) is 5.21 Å². The van der Waals surface area contributed by atoms with Crippen LogP contribution >= 0.6 is 0 Å². The van der Waals surface area contributed by atoms with Gasteiger partial charge < -0.3 is 10.4 Å². The molecule has 3 heterocycles. The number of hydrogen-bond donors (Lipinski definition) is 3. The van der Waals surface area contributed by atoms with Gasteiger partial charge in [-0.15, -0.1) is 10.2 Å². The van der Waals surface area contributed by atoms with Gasteiger partial charge in [0.15, 0.2) is 0 Å². The molecule has 1 aliphatic heterocycles. The number of unbranched alkanes of at least 4 members (excludes halogenated alkanes) is 1. The molecular weight excluding hydrogens is 586 g/mol. The van der Waals surface area contributed by atoms with Crippen LogP contribution in [-0.2, 0) is 18.6 Å². The van der Waals surface area contributed by atoms with Crippen LogP contribution in [0.1, 0.15) is 61.5 Å². The Labute approximate surface area is 273 Å². The minimum atomic E-state index is -1.25. The average Bonchev–Trinajstić information content (AvgIpc) is 3.85. The summed E-state index contributed by atoms with van der Waals surface area (Å²) in [6, 6.07) is 31.9. The number of aromatic amines is 1. The Morgan fingerprint density at radius 1 is 0.936 bits per heavy atom. The first kappa shape index (κ1) is 30.7. The molecule has 0 bridgehead atoms. The SMILES string of the molecule is CCCCc1nc2ccc(C(O)(CC3CCCN3)c3ccccc3)cc2c(=O)n1Cc1ccc(-c2ccccc2-c2nn[nH]n2)cc1. The predicted molar refractivity (Wildman–Crippen MR) is 184 cm³/mol. The number of H-pyrrole nitrogens is 1. The molecule has 1 fully saturated rings. The van der Waals surface area contributed by atoms with Crippen molar-refractivity contribution in [2.45, 2.75) is 63.6 Å². The number of aromatic nitrogens is 6. The zero-order valence-corrected chi connectivity index (χ0v) is 26.6. The van der Waals surface area contributed by atoms with Crippen LogP contribution in [0.25, 0.3) is 33.4 Å². The van der Waals surface area contributed by atoms with Gasteiger partial charge in [-0.1, -0.05) is 98.3 Å². The van der Waals surface area contributed by atoms with Crippen LogP contribution < -0.4 is 10.9 Å². The smallest absolute Gasteiger partial charge is 0.261 e. The van der Waals surface area contributed by atoms with Gasteiger partial charge in [0.25, 0.3) is 5.56 Å². The van der Waals surface area contributed by atoms with Crippen molar-refractivity contribution in [1.29, 1.82) is 0 Å². The first-order valence-corrected chi connectivity index (χ1v) is 16.5. The number of benzene rings is 4. The Hall–Kier alpha value is -4.99. The molecule has 6 aromatic rings. The number of nitrogens with one attached hydrogen (secondary N) is 2. The van der Waals surface area contributed by atoms with Crippen molar-refractivity contribution in [3.05, 3.63) is 130 Å². The fourth-order valence-electron chi connectivity index (χ4n) is 6.79. The molecule has 2 unspecified atom stereocenters. The van der Waals surface area contributed by atoms with E-state index in [-0.39, 0.29) is 11.6 Å². The van der Waals surface area contributed by atoms with E-state index in [0.29, 0.717) is 41.7 Å². The third-order valence-electron chi connectivity index (χ3n) is 9.34. The lowest BCUT2D eigenvalue weighted by molar-refractivity contribution is 0.0612. The summed E-state index contributed by atoms with van der Waals surface area (Å²) in [6.45, 7) is 3.49. The Bertz CT molecular complexity index is 2020. The second-order valence-corrected chi connectivity index (χ2v) is 12.5. The molecule has 238 valence electrons. The van der Waals surface area contributed by atoms with Gasteiger partial charge in [0.1, 0.15) is 11.4 Å². The minimum Gasteiger partial charge on any atom is -0.380 e. The molecule has 0 saturated carbocycles. The van der Waals surface area contributed by atoms with E-state index in [9.17, 15) is 9.90 Å². The Kier molecular flexibility index (Phi) is 8.74. The molecule has 0 aliphatic carbocycles. The molecule has 47 heavy (non-hydrogen) atoms. The molecule has 9 nitrogen and oxygen atoms in total. The molecule has 4 aromatic carbocycles. The monoisotopic (exact) mass is 625 g/mol. The quantitative estimate of drug-likeness (QED) is 0.161. The summed E-state index contributed by atoms with van der Waals surface area (Å²) >= 11 is 0. The van der Waals surface area contributed by atoms with Crippen LogP contribution in [0.2, 0.25) is 0 Å². The number of rotatable bonds is 11. The van der Waals surface area contributed by atoms with Gasteiger partial charge in [0.05, 0.1) is 17.4 Å². The van der Waals surface area contributed by atoms with Crippen LogP contribution in [0.4, 0.5) is 0 Å². The third-order valence-corrected chi connectivity index (χ3v) is 9.34. The summed E-state index contributed by atoms with van der Waals surface area (Å²) in [5, 5.41) is 31.0. The van der Waals surface area contributed by atoms with Crippen molar-refractivity contribution < 1.29 is 5.11 Å². The van der Waals surface area contributed by atoms with Crippen molar-refractivity contribution in [2.24, 2.45) is 0 Å². The largest absolute Gasteiger partial charge is 0.380 e. The van der Waals surface area contributed by atoms with Crippen LogP contribution in [0.15, 0.2) is 102 Å². The van der Waals surface area contributed by atoms with E-state index in [1.807, 2.05) is 77.4 Å². The fourth-order valence-corrected chi connectivity index (χ4v) is 6.79. The molecule has 2 atom stereocenters. The number of tetrazole rings is 1. The van der Waals surface area contributed by atoms with Gasteiger partial charge in [-0.25, -0.2) is 4.98 Å². The third kappa shape index (κ3) is 6.24. The lowest BCUT2D eigenvalue weighted by Gasteiger charge is -2.32. The first-order valence-electron chi connectivity index (χ1n) is 16.5. The maximum atomic E-state index is 14.3. The summed E-state index contributed by atoms with van der Waals surface area (Å²) < 4.78 is 1.81. The number of hydrogen-bond acceptors (Lipinski definition) is 7. The highest BCUT2D eigenvalue weighted by Gasteiger charge is 2.36. The highest BCUT2D eigenvalue weighted by molar-refractivity contribution is 5.81. The lowest BCUT2D eigenvalue weighted by atomic mass is 9.80. The van der Waals surface area contributed by atoms with Gasteiger partial charge in [-0.3, -0.25) is 9.36 Å². The molecule has 7 rings (SSSR count). The summed E-state index contributed by atoms with van der Waals surface area (Å²) in [5.41, 5.74) is 4.75. The Morgan fingerprint density at radius 3 is 2.45 bits per heavy atom. The summed E-state index contributed by atoms with van der Waals surface area (Å²) in [6.07, 6.45) is 5.28. The topological polar surface area (TPSA) is 122 Å². The second-order valence-electron chi connectivity index (χ2n) is 12.5. The van der Waals surface area contributed by atoms with E-state index < -0.39 is 5.60 Å². The number of aliphatic hydroxyl groups is 1. The van der Waals surface area contributed by atoms with Crippen molar-refractivity contribution in [3.8, 4) is 22.5 Å². The molecule has 0 radical (unpaired) electrons. The lowest BCUT2D eigenvalue weighted by Crippen LogP contribution is -2.36. The second kappa shape index (κ2) is 13.4. The van der Waals surface area contributed by atoms with Crippen molar-refractivity contribution >= 4 is 10.9 Å². The minimum absolute atomic E-state index is 0.0936. The summed E-state index contributed by atoms with van der Waals surface area (Å²) in [5.74, 6) is 1.31. The van der Waals surface area contributed by atoms with Gasteiger partial charge in [0.2, 0.25) is 5.82 Å². The van der Waals surface area contributed by atoms with E-state index in [2.05, 4.69) is 57.1 Å². The highest BCUT2D eigenvalue weighted by Crippen LogP contribution is 2.37. The molecule has 1 saturated heterocycles. The summed E-state index contributed by atoms with van der Waals surface area (Å²) in [4.78, 5) is 19.4. The molecule has 2 aromatic heterocycles. The summed E-state index contributed by atoms with van der Waals surface area (Å²) in [7, 11) is 0. The Morgan fingerprint density at radius 2 is 1.72 bits per heavy atom. The van der Waals surface area contributed by atoms with E-state index in [1.54, 1.807) is 0 Å². The van der Waals surface area contributed by atoms with Gasteiger partial charge in [0, 0.05) is 18.0 Å². The van der Waals surface area contributed by atoms with E-state index in [0.717, 1.165) is 65.9 Å². The fraction of sp³-hybridized carbons (Fsp3) is 0.289. The Balaban J connectivity index is 1.26. The van der Waals surface area contributed by atoms with Crippen molar-refractivity contribution in [1.82, 2.24) is 35.5 Å². The van der Waals surface area contributed by atoms with Crippen LogP contribution in [0.3, 0.4) is 0 Å². The molecule has 0 amide bonds. The highest BCUT2D eigenvalue weighted by atomic mass is 16.3. The number of fused-ring (bicyclic) bond motifs is 1. The maximum absolute atomic E-state index is 14.3. The normalized spacial score (nSPS) is 16.0. The molecule has 0 spiro atoms. The standard InChI is InChI=1S/C38H39N7O2/c1-2-3-15-35-40-34-21-20-29(38(47,24-30-12-9-22-39-30)28-10-5-4-6-11-28)23-33(34)37(46)45(35)25-26-16-18-27(19-17-26)31-13-7-8-14-32(31)36-41-43-44-42-36/h4-8,10-11,13-14,16-21,23,30,39,47H,2-3,9,12,15,22,24-25H2,1H3,(H,41,42,43,44). The van der Waals surface area contributed by atoms with Crippen molar-refractivity contribution in [2.75, 3.05) is 6.54 Å². The molecule has 3 N–H and O–H groups in total. The van der Waals surface area contributed by atoms with E-state index in [4.69, 9.17) is 4.98 Å². The number of aryl methyl sites for hydroxylation is 1. The zero-order valence-electron chi connectivity index (χ0n) is 26.6. The maximum Gasteiger partial charge on any atom is 0.261 e.